The number of thioether (sulfide) groups is 1. The second kappa shape index (κ2) is 8.77. The second-order valence-electron chi connectivity index (χ2n) is 6.87. The number of hydrogen-bond acceptors (Lipinski definition) is 5. The third-order valence-electron chi connectivity index (χ3n) is 4.75. The minimum atomic E-state index is -0.108. The van der Waals surface area contributed by atoms with Gasteiger partial charge < -0.3 is 11.2 Å². The number of nitrogens with zero attached hydrogens (tertiary/aromatic N) is 3. The van der Waals surface area contributed by atoms with Gasteiger partial charge >= 0.3 is 0 Å². The maximum absolute atomic E-state index is 12.4. The summed E-state index contributed by atoms with van der Waals surface area (Å²) in [5, 5.41) is 14.7. The first-order valence-electron chi connectivity index (χ1n) is 9.38. The van der Waals surface area contributed by atoms with E-state index in [0.29, 0.717) is 16.0 Å². The molecule has 4 aromatic rings. The Morgan fingerprint density at radius 2 is 1.83 bits per heavy atom. The molecule has 1 atom stereocenters. The van der Waals surface area contributed by atoms with Crippen LogP contribution in [0.3, 0.4) is 0 Å². The van der Waals surface area contributed by atoms with Gasteiger partial charge in [0.25, 0.3) is 0 Å². The highest BCUT2D eigenvalue weighted by Gasteiger charge is 2.15. The van der Waals surface area contributed by atoms with Gasteiger partial charge in [-0.25, -0.2) is 4.68 Å². The Labute approximate surface area is 183 Å². The van der Waals surface area contributed by atoms with E-state index in [-0.39, 0.29) is 17.7 Å². The molecule has 152 valence electrons. The summed E-state index contributed by atoms with van der Waals surface area (Å²) in [5.74, 6) is 6.71. The van der Waals surface area contributed by atoms with E-state index in [1.165, 1.54) is 21.8 Å². The molecule has 0 saturated heterocycles. The molecule has 1 aromatic heterocycles. The summed E-state index contributed by atoms with van der Waals surface area (Å²) in [6.45, 7) is 1.97. The predicted octanol–water partition coefficient (Wildman–Crippen LogP) is 4.44. The Hall–Kier alpha value is -3.03. The van der Waals surface area contributed by atoms with Gasteiger partial charge in [-0.2, -0.15) is 0 Å². The van der Waals surface area contributed by atoms with Gasteiger partial charge in [-0.3, -0.25) is 4.79 Å². The Balaban J connectivity index is 1.38. The van der Waals surface area contributed by atoms with Crippen LogP contribution in [0.5, 0.6) is 0 Å². The molecular formula is C22H20ClN5OS. The molecule has 0 spiro atoms. The highest BCUT2D eigenvalue weighted by molar-refractivity contribution is 7.99. The molecular weight excluding hydrogens is 418 g/mol. The summed E-state index contributed by atoms with van der Waals surface area (Å²) in [5.41, 5.74) is 1.86. The van der Waals surface area contributed by atoms with Crippen molar-refractivity contribution in [2.24, 2.45) is 0 Å². The average molecular weight is 438 g/mol. The molecule has 0 aliphatic heterocycles. The van der Waals surface area contributed by atoms with Gasteiger partial charge in [-0.15, -0.1) is 10.2 Å². The minimum absolute atomic E-state index is 0.100. The van der Waals surface area contributed by atoms with Crippen molar-refractivity contribution in [1.82, 2.24) is 20.2 Å². The number of nitrogens with one attached hydrogen (secondary N) is 1. The highest BCUT2D eigenvalue weighted by Crippen LogP contribution is 2.24. The standard InChI is InChI=1S/C22H20ClN5OS/c1-14(17-7-6-15-4-2-3-5-18(15)12-17)25-20(29)13-30-22-27-26-21(28(22)24)16-8-10-19(23)11-9-16/h2-12,14H,13,24H2,1H3,(H,25,29). The monoisotopic (exact) mass is 437 g/mol. The van der Waals surface area contributed by atoms with Crippen molar-refractivity contribution < 1.29 is 4.79 Å². The van der Waals surface area contributed by atoms with Crippen LogP contribution in [0.2, 0.25) is 5.02 Å². The number of carbonyl (C=O) groups is 1. The van der Waals surface area contributed by atoms with Crippen molar-refractivity contribution in [2.75, 3.05) is 11.6 Å². The number of carbonyl (C=O) groups excluding carboxylic acids is 1. The zero-order chi connectivity index (χ0) is 21.1. The quantitative estimate of drug-likeness (QED) is 0.344. The van der Waals surface area contributed by atoms with E-state index in [9.17, 15) is 4.79 Å². The summed E-state index contributed by atoms with van der Waals surface area (Å²) in [4.78, 5) is 12.4. The lowest BCUT2D eigenvalue weighted by atomic mass is 10.0. The zero-order valence-corrected chi connectivity index (χ0v) is 17.8. The molecule has 0 saturated carbocycles. The van der Waals surface area contributed by atoms with Crippen molar-refractivity contribution in [1.29, 1.82) is 0 Å². The van der Waals surface area contributed by atoms with Crippen LogP contribution in [-0.4, -0.2) is 26.5 Å². The molecule has 1 heterocycles. The van der Waals surface area contributed by atoms with Gasteiger partial charge in [-0.05, 0) is 53.6 Å². The molecule has 4 rings (SSSR count). The first-order valence-corrected chi connectivity index (χ1v) is 10.7. The predicted molar refractivity (Wildman–Crippen MR) is 122 cm³/mol. The lowest BCUT2D eigenvalue weighted by Gasteiger charge is -2.15. The van der Waals surface area contributed by atoms with Crippen LogP contribution in [0, 0.1) is 0 Å². The third-order valence-corrected chi connectivity index (χ3v) is 5.95. The summed E-state index contributed by atoms with van der Waals surface area (Å²) >= 11 is 7.16. The van der Waals surface area contributed by atoms with Gasteiger partial charge in [0, 0.05) is 10.6 Å². The number of nitrogens with two attached hydrogens (primary N) is 1. The fourth-order valence-corrected chi connectivity index (χ4v) is 3.94. The Kier molecular flexibility index (Phi) is 5.92. The SMILES string of the molecule is CC(NC(=O)CSc1nnc(-c2ccc(Cl)cc2)n1N)c1ccc2ccccc2c1. The molecule has 6 nitrogen and oxygen atoms in total. The van der Waals surface area contributed by atoms with Gasteiger partial charge in [0.2, 0.25) is 11.1 Å². The molecule has 1 amide bonds. The van der Waals surface area contributed by atoms with E-state index in [2.05, 4.69) is 39.8 Å². The Morgan fingerprint density at radius 3 is 2.60 bits per heavy atom. The molecule has 0 aliphatic rings. The van der Waals surface area contributed by atoms with Crippen LogP contribution in [0.25, 0.3) is 22.2 Å². The highest BCUT2D eigenvalue weighted by atomic mass is 35.5. The van der Waals surface area contributed by atoms with Crippen molar-refractivity contribution >= 4 is 40.0 Å². The first kappa shape index (κ1) is 20.3. The number of aromatic nitrogens is 3. The zero-order valence-electron chi connectivity index (χ0n) is 16.2. The molecule has 1 unspecified atom stereocenters. The molecule has 0 bridgehead atoms. The molecule has 0 fully saturated rings. The summed E-state index contributed by atoms with van der Waals surface area (Å²) in [6, 6.07) is 21.4. The summed E-state index contributed by atoms with van der Waals surface area (Å²) in [6.07, 6.45) is 0. The number of rotatable bonds is 6. The molecule has 0 radical (unpaired) electrons. The van der Waals surface area contributed by atoms with Crippen LogP contribution in [0.4, 0.5) is 0 Å². The van der Waals surface area contributed by atoms with Crippen molar-refractivity contribution in [3.05, 3.63) is 77.3 Å². The van der Waals surface area contributed by atoms with E-state index < -0.39 is 0 Å². The van der Waals surface area contributed by atoms with E-state index >= 15 is 0 Å². The maximum Gasteiger partial charge on any atom is 0.230 e. The van der Waals surface area contributed by atoms with Crippen LogP contribution in [0.15, 0.2) is 71.9 Å². The van der Waals surface area contributed by atoms with Gasteiger partial charge in [-0.1, -0.05) is 59.8 Å². The van der Waals surface area contributed by atoms with Gasteiger partial charge in [0.05, 0.1) is 11.8 Å². The number of hydrogen-bond donors (Lipinski definition) is 2. The van der Waals surface area contributed by atoms with Crippen molar-refractivity contribution in [3.8, 4) is 11.4 Å². The molecule has 0 aliphatic carbocycles. The molecule has 3 N–H and O–H groups in total. The second-order valence-corrected chi connectivity index (χ2v) is 8.25. The normalized spacial score (nSPS) is 12.1. The van der Waals surface area contributed by atoms with E-state index in [1.807, 2.05) is 37.3 Å². The third kappa shape index (κ3) is 4.42. The lowest BCUT2D eigenvalue weighted by molar-refractivity contribution is -0.119. The van der Waals surface area contributed by atoms with Gasteiger partial charge in [0.15, 0.2) is 5.82 Å². The van der Waals surface area contributed by atoms with Crippen LogP contribution >= 0.6 is 23.4 Å². The van der Waals surface area contributed by atoms with Crippen molar-refractivity contribution in [3.63, 3.8) is 0 Å². The van der Waals surface area contributed by atoms with E-state index in [1.54, 1.807) is 12.1 Å². The van der Waals surface area contributed by atoms with Crippen LogP contribution in [-0.2, 0) is 4.79 Å². The van der Waals surface area contributed by atoms with Crippen LogP contribution in [0.1, 0.15) is 18.5 Å². The summed E-state index contributed by atoms with van der Waals surface area (Å²) < 4.78 is 1.38. The molecule has 3 aromatic carbocycles. The number of halogens is 1. The van der Waals surface area contributed by atoms with E-state index in [0.717, 1.165) is 16.5 Å². The topological polar surface area (TPSA) is 85.8 Å². The van der Waals surface area contributed by atoms with E-state index in [4.69, 9.17) is 17.4 Å². The molecule has 30 heavy (non-hydrogen) atoms. The minimum Gasteiger partial charge on any atom is -0.349 e. The maximum atomic E-state index is 12.4. The fourth-order valence-electron chi connectivity index (χ4n) is 3.14. The molecule has 8 heteroatoms. The number of nitrogen functional groups attached to an aromatic ring is 1. The Bertz CT molecular complexity index is 1190. The number of amides is 1. The average Bonchev–Trinajstić information content (AvgIpc) is 3.12. The first-order chi connectivity index (χ1) is 14.5. The number of fused-ring (bicyclic) bond motifs is 1. The lowest BCUT2D eigenvalue weighted by Crippen LogP contribution is -2.28. The number of benzene rings is 3. The Morgan fingerprint density at radius 1 is 1.10 bits per heavy atom. The smallest absolute Gasteiger partial charge is 0.230 e. The van der Waals surface area contributed by atoms with Crippen LogP contribution < -0.4 is 11.2 Å². The largest absolute Gasteiger partial charge is 0.349 e. The van der Waals surface area contributed by atoms with Gasteiger partial charge in [0.1, 0.15) is 0 Å². The summed E-state index contributed by atoms with van der Waals surface area (Å²) in [7, 11) is 0. The van der Waals surface area contributed by atoms with Crippen molar-refractivity contribution in [2.45, 2.75) is 18.1 Å². The fraction of sp³-hybridized carbons (Fsp3) is 0.136.